The van der Waals surface area contributed by atoms with E-state index in [-0.39, 0.29) is 36.9 Å². The summed E-state index contributed by atoms with van der Waals surface area (Å²) in [6, 6.07) is 5.26. The van der Waals surface area contributed by atoms with Crippen LogP contribution >= 0.6 is 0 Å². The molecule has 20 heavy (non-hydrogen) atoms. The van der Waals surface area contributed by atoms with Gasteiger partial charge in [0.2, 0.25) is 0 Å². The molecule has 1 fully saturated rings. The van der Waals surface area contributed by atoms with Crippen LogP contribution in [0.1, 0.15) is 12.8 Å². The zero-order valence-corrected chi connectivity index (χ0v) is 11.0. The van der Waals surface area contributed by atoms with E-state index in [4.69, 9.17) is 9.84 Å². The molecule has 3 atom stereocenters. The highest BCUT2D eigenvalue weighted by atomic mass is 19.1. The highest BCUT2D eigenvalue weighted by Gasteiger charge is 2.33. The summed E-state index contributed by atoms with van der Waals surface area (Å²) in [6.07, 6.45) is 0.413. The first kappa shape index (κ1) is 14.7. The van der Waals surface area contributed by atoms with Gasteiger partial charge in [-0.2, -0.15) is 0 Å². The van der Waals surface area contributed by atoms with Gasteiger partial charge in [0.1, 0.15) is 11.6 Å². The zero-order valence-electron chi connectivity index (χ0n) is 11.0. The number of benzene rings is 1. The Labute approximate surface area is 116 Å². The lowest BCUT2D eigenvalue weighted by Crippen LogP contribution is -2.36. The van der Waals surface area contributed by atoms with Crippen molar-refractivity contribution in [1.82, 2.24) is 5.32 Å². The summed E-state index contributed by atoms with van der Waals surface area (Å²) < 4.78 is 17.9. The minimum absolute atomic E-state index is 0.0837. The Morgan fingerprint density at radius 1 is 1.35 bits per heavy atom. The van der Waals surface area contributed by atoms with E-state index in [1.807, 2.05) is 0 Å². The molecule has 5 nitrogen and oxygen atoms in total. The van der Waals surface area contributed by atoms with Gasteiger partial charge in [-0.3, -0.25) is 4.79 Å². The molecule has 0 bridgehead atoms. The number of nitrogens with one attached hydrogen (secondary N) is 1. The van der Waals surface area contributed by atoms with Crippen LogP contribution in [0.3, 0.4) is 0 Å². The number of aliphatic hydroxyl groups excluding tert-OH is 2. The van der Waals surface area contributed by atoms with Crippen molar-refractivity contribution in [2.45, 2.75) is 25.0 Å². The second-order valence-electron chi connectivity index (χ2n) is 4.99. The van der Waals surface area contributed by atoms with Crippen molar-refractivity contribution < 1.29 is 24.1 Å². The van der Waals surface area contributed by atoms with Gasteiger partial charge in [0.15, 0.2) is 6.61 Å². The minimum Gasteiger partial charge on any atom is -0.484 e. The summed E-state index contributed by atoms with van der Waals surface area (Å²) in [5.74, 6) is -0.429. The number of ether oxygens (including phenoxy) is 1. The van der Waals surface area contributed by atoms with E-state index in [1.165, 1.54) is 24.3 Å². The Balaban J connectivity index is 1.74. The standard InChI is InChI=1S/C14H18FNO4/c15-10-1-3-12(4-2-10)20-8-14(19)16-11-5-9(7-17)13(18)6-11/h1-4,9,11,13,17-18H,5-8H2,(H,16,19)/t9-,11+,13-/m1/s1. The van der Waals surface area contributed by atoms with E-state index >= 15 is 0 Å². The van der Waals surface area contributed by atoms with Crippen molar-refractivity contribution in [1.29, 1.82) is 0 Å². The second-order valence-corrected chi connectivity index (χ2v) is 4.99. The molecule has 2 rings (SSSR count). The van der Waals surface area contributed by atoms with E-state index < -0.39 is 6.10 Å². The summed E-state index contributed by atoms with van der Waals surface area (Å²) in [5.41, 5.74) is 0. The van der Waals surface area contributed by atoms with E-state index in [0.29, 0.717) is 18.6 Å². The largest absolute Gasteiger partial charge is 0.484 e. The maximum atomic E-state index is 12.7. The Bertz CT molecular complexity index is 451. The second kappa shape index (κ2) is 6.67. The van der Waals surface area contributed by atoms with E-state index in [0.717, 1.165) is 0 Å². The molecule has 0 aliphatic heterocycles. The van der Waals surface area contributed by atoms with Gasteiger partial charge in [0.25, 0.3) is 5.91 Å². The van der Waals surface area contributed by atoms with Crippen molar-refractivity contribution in [3.63, 3.8) is 0 Å². The molecule has 0 radical (unpaired) electrons. The summed E-state index contributed by atoms with van der Waals surface area (Å²) in [6.45, 7) is -0.248. The summed E-state index contributed by atoms with van der Waals surface area (Å²) in [5, 5.41) is 21.4. The molecular formula is C14H18FNO4. The predicted molar refractivity (Wildman–Crippen MR) is 69.6 cm³/mol. The normalized spacial score (nSPS) is 25.4. The van der Waals surface area contributed by atoms with Crippen LogP contribution in [-0.4, -0.2) is 41.5 Å². The third kappa shape index (κ3) is 3.91. The summed E-state index contributed by atoms with van der Waals surface area (Å²) >= 11 is 0. The van der Waals surface area contributed by atoms with Crippen LogP contribution in [0.4, 0.5) is 4.39 Å². The SMILES string of the molecule is O=C(COc1ccc(F)cc1)N[C@H]1C[C@H](CO)[C@H](O)C1. The fourth-order valence-electron chi connectivity index (χ4n) is 2.37. The fraction of sp³-hybridized carbons (Fsp3) is 0.500. The summed E-state index contributed by atoms with van der Waals surface area (Å²) in [7, 11) is 0. The Kier molecular flexibility index (Phi) is 4.92. The first-order valence-electron chi connectivity index (χ1n) is 6.55. The molecule has 1 saturated carbocycles. The molecule has 1 aliphatic rings. The van der Waals surface area contributed by atoms with Gasteiger partial charge >= 0.3 is 0 Å². The lowest BCUT2D eigenvalue weighted by molar-refractivity contribution is -0.123. The van der Waals surface area contributed by atoms with Gasteiger partial charge in [-0.25, -0.2) is 4.39 Å². The van der Waals surface area contributed by atoms with Crippen molar-refractivity contribution in [3.8, 4) is 5.75 Å². The lowest BCUT2D eigenvalue weighted by atomic mass is 10.1. The van der Waals surface area contributed by atoms with Crippen molar-refractivity contribution in [2.75, 3.05) is 13.2 Å². The molecular weight excluding hydrogens is 265 g/mol. The molecule has 0 aromatic heterocycles. The van der Waals surface area contributed by atoms with Crippen LogP contribution in [0.15, 0.2) is 24.3 Å². The van der Waals surface area contributed by atoms with E-state index in [2.05, 4.69) is 5.32 Å². The fourth-order valence-corrected chi connectivity index (χ4v) is 2.37. The first-order chi connectivity index (χ1) is 9.58. The van der Waals surface area contributed by atoms with E-state index in [9.17, 15) is 14.3 Å². The van der Waals surface area contributed by atoms with Gasteiger partial charge < -0.3 is 20.3 Å². The van der Waals surface area contributed by atoms with Crippen LogP contribution in [-0.2, 0) is 4.79 Å². The molecule has 0 unspecified atom stereocenters. The highest BCUT2D eigenvalue weighted by molar-refractivity contribution is 5.77. The van der Waals surface area contributed by atoms with Gasteiger partial charge in [0, 0.05) is 18.6 Å². The molecule has 110 valence electrons. The maximum absolute atomic E-state index is 12.7. The predicted octanol–water partition coefficient (Wildman–Crippen LogP) is 0.452. The van der Waals surface area contributed by atoms with Gasteiger partial charge in [0.05, 0.1) is 6.10 Å². The molecule has 6 heteroatoms. The number of hydrogen-bond donors (Lipinski definition) is 3. The van der Waals surface area contributed by atoms with Crippen molar-refractivity contribution >= 4 is 5.91 Å². The lowest BCUT2D eigenvalue weighted by Gasteiger charge is -2.13. The minimum atomic E-state index is -0.580. The van der Waals surface area contributed by atoms with Gasteiger partial charge in [-0.1, -0.05) is 0 Å². The summed E-state index contributed by atoms with van der Waals surface area (Å²) in [4.78, 5) is 11.7. The third-order valence-corrected chi connectivity index (χ3v) is 3.44. The van der Waals surface area contributed by atoms with Crippen LogP contribution in [0.2, 0.25) is 0 Å². The molecule has 1 amide bonds. The number of aliphatic hydroxyl groups is 2. The Hall–Kier alpha value is -1.66. The maximum Gasteiger partial charge on any atom is 0.258 e. The van der Waals surface area contributed by atoms with Crippen molar-refractivity contribution in [3.05, 3.63) is 30.1 Å². The molecule has 3 N–H and O–H groups in total. The number of carbonyl (C=O) groups excluding carboxylic acids is 1. The van der Waals surface area contributed by atoms with Crippen molar-refractivity contribution in [2.24, 2.45) is 5.92 Å². The quantitative estimate of drug-likeness (QED) is 0.733. The van der Waals surface area contributed by atoms with Crippen LogP contribution < -0.4 is 10.1 Å². The van der Waals surface area contributed by atoms with Gasteiger partial charge in [-0.05, 0) is 37.1 Å². The molecule has 0 saturated heterocycles. The molecule has 0 spiro atoms. The molecule has 1 aromatic carbocycles. The average Bonchev–Trinajstić information content (AvgIpc) is 2.78. The van der Waals surface area contributed by atoms with Crippen LogP contribution in [0.5, 0.6) is 5.75 Å². The van der Waals surface area contributed by atoms with E-state index in [1.54, 1.807) is 0 Å². The van der Waals surface area contributed by atoms with Crippen LogP contribution in [0.25, 0.3) is 0 Å². The number of amides is 1. The average molecular weight is 283 g/mol. The first-order valence-corrected chi connectivity index (χ1v) is 6.55. The topological polar surface area (TPSA) is 78.8 Å². The Morgan fingerprint density at radius 3 is 2.65 bits per heavy atom. The number of halogens is 1. The molecule has 0 heterocycles. The number of carbonyl (C=O) groups is 1. The number of hydrogen-bond acceptors (Lipinski definition) is 4. The van der Waals surface area contributed by atoms with Gasteiger partial charge in [-0.15, -0.1) is 0 Å². The van der Waals surface area contributed by atoms with Crippen LogP contribution in [0, 0.1) is 11.7 Å². The molecule has 1 aliphatic carbocycles. The monoisotopic (exact) mass is 283 g/mol. The zero-order chi connectivity index (χ0) is 14.5. The Morgan fingerprint density at radius 2 is 2.05 bits per heavy atom. The number of rotatable bonds is 5. The third-order valence-electron chi connectivity index (χ3n) is 3.44. The highest BCUT2D eigenvalue weighted by Crippen LogP contribution is 2.25. The molecule has 1 aromatic rings. The smallest absolute Gasteiger partial charge is 0.258 e.